The van der Waals surface area contributed by atoms with Gasteiger partial charge in [-0.15, -0.1) is 0 Å². The van der Waals surface area contributed by atoms with Gasteiger partial charge in [0.1, 0.15) is 6.61 Å². The summed E-state index contributed by atoms with van der Waals surface area (Å²) < 4.78 is 10.5. The summed E-state index contributed by atoms with van der Waals surface area (Å²) in [6, 6.07) is 7.61. The predicted molar refractivity (Wildman–Crippen MR) is 103 cm³/mol. The SMILES string of the molecule is COCC(=O)N(C1CCOCC1)C1CCN(C(=O)Cc2ccccc2Cl)C1. The minimum Gasteiger partial charge on any atom is -0.381 e. The standard InChI is InChI=1S/C20H27ClN2O4/c1-26-14-20(25)23(16-7-10-27-11-8-16)17-6-9-22(13-17)19(24)12-15-4-2-3-5-18(15)21/h2-5,16-17H,6-14H2,1H3. The van der Waals surface area contributed by atoms with E-state index in [9.17, 15) is 9.59 Å². The van der Waals surface area contributed by atoms with Crippen LogP contribution in [0.2, 0.25) is 5.02 Å². The number of nitrogens with zero attached hydrogens (tertiary/aromatic N) is 2. The summed E-state index contributed by atoms with van der Waals surface area (Å²) in [6.45, 7) is 2.64. The summed E-state index contributed by atoms with van der Waals surface area (Å²) in [5.74, 6) is 0.0477. The average Bonchev–Trinajstić information content (AvgIpc) is 3.15. The Morgan fingerprint density at radius 1 is 1.22 bits per heavy atom. The van der Waals surface area contributed by atoms with E-state index in [0.717, 1.165) is 24.8 Å². The first-order valence-corrected chi connectivity index (χ1v) is 9.87. The van der Waals surface area contributed by atoms with E-state index < -0.39 is 0 Å². The number of halogens is 1. The Hall–Kier alpha value is -1.63. The van der Waals surface area contributed by atoms with Crippen LogP contribution in [0, 0.1) is 0 Å². The average molecular weight is 395 g/mol. The predicted octanol–water partition coefficient (Wildman–Crippen LogP) is 2.14. The minimum absolute atomic E-state index is 0.00481. The van der Waals surface area contributed by atoms with E-state index in [2.05, 4.69) is 0 Å². The Labute approximate surface area is 165 Å². The minimum atomic E-state index is -0.00481. The summed E-state index contributed by atoms with van der Waals surface area (Å²) in [7, 11) is 1.54. The van der Waals surface area contributed by atoms with Crippen molar-refractivity contribution in [1.82, 2.24) is 9.80 Å². The molecule has 2 aliphatic rings. The first kappa shape index (κ1) is 20.1. The molecule has 148 valence electrons. The maximum atomic E-state index is 12.7. The summed E-state index contributed by atoms with van der Waals surface area (Å²) in [6.07, 6.45) is 2.75. The Balaban J connectivity index is 1.65. The quantitative estimate of drug-likeness (QED) is 0.741. The number of benzene rings is 1. The number of carbonyl (C=O) groups is 2. The molecule has 0 spiro atoms. The lowest BCUT2D eigenvalue weighted by atomic mass is 10.0. The number of amides is 2. The fourth-order valence-electron chi connectivity index (χ4n) is 3.98. The van der Waals surface area contributed by atoms with Gasteiger partial charge >= 0.3 is 0 Å². The molecule has 2 aliphatic heterocycles. The van der Waals surface area contributed by atoms with Crippen molar-refractivity contribution in [2.45, 2.75) is 37.8 Å². The summed E-state index contributed by atoms with van der Waals surface area (Å²) in [5, 5.41) is 0.612. The van der Waals surface area contributed by atoms with Gasteiger partial charge in [0.05, 0.1) is 12.5 Å². The van der Waals surface area contributed by atoms with E-state index in [1.807, 2.05) is 28.0 Å². The lowest BCUT2D eigenvalue weighted by molar-refractivity contribution is -0.143. The number of hydrogen-bond acceptors (Lipinski definition) is 4. The molecule has 2 fully saturated rings. The van der Waals surface area contributed by atoms with E-state index in [0.29, 0.717) is 31.3 Å². The molecule has 27 heavy (non-hydrogen) atoms. The van der Waals surface area contributed by atoms with Gasteiger partial charge < -0.3 is 19.3 Å². The van der Waals surface area contributed by atoms with Gasteiger partial charge in [0.25, 0.3) is 0 Å². The van der Waals surface area contributed by atoms with Crippen LogP contribution >= 0.6 is 11.6 Å². The molecule has 2 heterocycles. The van der Waals surface area contributed by atoms with Crippen LogP contribution in [-0.4, -0.2) is 73.7 Å². The first-order chi connectivity index (χ1) is 13.1. The molecule has 0 radical (unpaired) electrons. The van der Waals surface area contributed by atoms with Crippen LogP contribution in [0.25, 0.3) is 0 Å². The van der Waals surface area contributed by atoms with E-state index in [1.54, 1.807) is 6.07 Å². The molecule has 1 aromatic carbocycles. The van der Waals surface area contributed by atoms with Crippen LogP contribution in [0.5, 0.6) is 0 Å². The number of likely N-dealkylation sites (tertiary alicyclic amines) is 1. The molecule has 1 aromatic rings. The fraction of sp³-hybridized carbons (Fsp3) is 0.600. The molecule has 1 atom stereocenters. The van der Waals surface area contributed by atoms with Crippen molar-refractivity contribution in [3.63, 3.8) is 0 Å². The number of ether oxygens (including phenoxy) is 2. The van der Waals surface area contributed by atoms with Crippen molar-refractivity contribution in [3.05, 3.63) is 34.9 Å². The molecule has 2 saturated heterocycles. The highest BCUT2D eigenvalue weighted by molar-refractivity contribution is 6.31. The molecule has 1 unspecified atom stereocenters. The highest BCUT2D eigenvalue weighted by Gasteiger charge is 2.37. The van der Waals surface area contributed by atoms with Crippen molar-refractivity contribution >= 4 is 23.4 Å². The van der Waals surface area contributed by atoms with Crippen LogP contribution in [0.1, 0.15) is 24.8 Å². The lowest BCUT2D eigenvalue weighted by Crippen LogP contribution is -2.51. The van der Waals surface area contributed by atoms with Crippen LogP contribution in [0.3, 0.4) is 0 Å². The van der Waals surface area contributed by atoms with Crippen molar-refractivity contribution in [1.29, 1.82) is 0 Å². The molecule has 7 heteroatoms. The number of hydrogen-bond donors (Lipinski definition) is 0. The zero-order valence-corrected chi connectivity index (χ0v) is 16.5. The second-order valence-electron chi connectivity index (χ2n) is 7.13. The molecule has 0 aliphatic carbocycles. The molecule has 3 rings (SSSR count). The van der Waals surface area contributed by atoms with E-state index in [-0.39, 0.29) is 36.9 Å². The zero-order chi connectivity index (χ0) is 19.2. The molecule has 0 saturated carbocycles. The van der Waals surface area contributed by atoms with Crippen molar-refractivity contribution < 1.29 is 19.1 Å². The third kappa shape index (κ3) is 5.00. The Kier molecular flexibility index (Phi) is 7.10. The van der Waals surface area contributed by atoms with Gasteiger partial charge in [-0.1, -0.05) is 29.8 Å². The molecule has 0 bridgehead atoms. The van der Waals surface area contributed by atoms with Crippen molar-refractivity contribution in [2.24, 2.45) is 0 Å². The van der Waals surface area contributed by atoms with Gasteiger partial charge in [-0.25, -0.2) is 0 Å². The molecule has 6 nitrogen and oxygen atoms in total. The number of methoxy groups -OCH3 is 1. The van der Waals surface area contributed by atoms with Crippen molar-refractivity contribution in [2.75, 3.05) is 40.0 Å². The van der Waals surface area contributed by atoms with Gasteiger partial charge in [0, 0.05) is 44.5 Å². The Bertz CT molecular complexity index is 663. The molecule has 0 aromatic heterocycles. The van der Waals surface area contributed by atoms with Crippen molar-refractivity contribution in [3.8, 4) is 0 Å². The summed E-state index contributed by atoms with van der Waals surface area (Å²) in [5.41, 5.74) is 0.837. The second-order valence-corrected chi connectivity index (χ2v) is 7.54. The summed E-state index contributed by atoms with van der Waals surface area (Å²) >= 11 is 6.18. The van der Waals surface area contributed by atoms with E-state index in [1.165, 1.54) is 7.11 Å². The monoisotopic (exact) mass is 394 g/mol. The molecule has 0 N–H and O–H groups in total. The maximum Gasteiger partial charge on any atom is 0.249 e. The summed E-state index contributed by atoms with van der Waals surface area (Å²) in [4.78, 5) is 29.2. The third-order valence-corrected chi connectivity index (χ3v) is 5.72. The third-order valence-electron chi connectivity index (χ3n) is 5.35. The van der Waals surface area contributed by atoms with Gasteiger partial charge in [-0.05, 0) is 30.9 Å². The van der Waals surface area contributed by atoms with Crippen LogP contribution in [0.15, 0.2) is 24.3 Å². The Morgan fingerprint density at radius 2 is 1.96 bits per heavy atom. The first-order valence-electron chi connectivity index (χ1n) is 9.49. The number of carbonyl (C=O) groups excluding carboxylic acids is 2. The van der Waals surface area contributed by atoms with Crippen LogP contribution in [0.4, 0.5) is 0 Å². The van der Waals surface area contributed by atoms with Gasteiger partial charge in [0.2, 0.25) is 11.8 Å². The number of rotatable bonds is 6. The second kappa shape index (κ2) is 9.53. The Morgan fingerprint density at radius 3 is 2.67 bits per heavy atom. The highest BCUT2D eigenvalue weighted by atomic mass is 35.5. The fourth-order valence-corrected chi connectivity index (χ4v) is 4.18. The smallest absolute Gasteiger partial charge is 0.249 e. The van der Waals surface area contributed by atoms with Crippen LogP contribution < -0.4 is 0 Å². The highest BCUT2D eigenvalue weighted by Crippen LogP contribution is 2.25. The topological polar surface area (TPSA) is 59.1 Å². The van der Waals surface area contributed by atoms with Gasteiger partial charge in [0.15, 0.2) is 0 Å². The van der Waals surface area contributed by atoms with Gasteiger partial charge in [-0.2, -0.15) is 0 Å². The molecule has 2 amide bonds. The molecular weight excluding hydrogens is 368 g/mol. The van der Waals surface area contributed by atoms with Crippen LogP contribution in [-0.2, 0) is 25.5 Å². The normalized spacial score (nSPS) is 20.7. The van der Waals surface area contributed by atoms with E-state index >= 15 is 0 Å². The van der Waals surface area contributed by atoms with E-state index in [4.69, 9.17) is 21.1 Å². The maximum absolute atomic E-state index is 12.7. The van der Waals surface area contributed by atoms with Gasteiger partial charge in [-0.3, -0.25) is 9.59 Å². The largest absolute Gasteiger partial charge is 0.381 e. The molecular formula is C20H27ClN2O4. The zero-order valence-electron chi connectivity index (χ0n) is 15.7. The lowest BCUT2D eigenvalue weighted by Gasteiger charge is -2.38.